The van der Waals surface area contributed by atoms with Crippen molar-refractivity contribution in [2.75, 3.05) is 20.8 Å². The lowest BCUT2D eigenvalue weighted by Gasteiger charge is -2.26. The Morgan fingerprint density at radius 1 is 1.50 bits per heavy atom. The van der Waals surface area contributed by atoms with E-state index in [0.717, 1.165) is 22.0 Å². The van der Waals surface area contributed by atoms with E-state index in [0.29, 0.717) is 18.0 Å². The fourth-order valence-corrected chi connectivity index (χ4v) is 2.98. The summed E-state index contributed by atoms with van der Waals surface area (Å²) in [5, 5.41) is 12.2. The number of benzene rings is 1. The molecule has 1 aliphatic rings. The number of carboxylic acids is 1. The lowest BCUT2D eigenvalue weighted by atomic mass is 9.93. The summed E-state index contributed by atoms with van der Waals surface area (Å²) in [6.07, 6.45) is 0.750. The van der Waals surface area contributed by atoms with Crippen molar-refractivity contribution in [2.24, 2.45) is 0 Å². The van der Waals surface area contributed by atoms with E-state index in [1.54, 1.807) is 13.2 Å². The van der Waals surface area contributed by atoms with E-state index in [1.807, 2.05) is 0 Å². The molecular weight excluding hydrogens is 302 g/mol. The highest BCUT2D eigenvalue weighted by molar-refractivity contribution is 9.10. The quantitative estimate of drug-likeness (QED) is 0.889. The molecule has 0 spiro atoms. The fourth-order valence-electron chi connectivity index (χ4n) is 2.19. The van der Waals surface area contributed by atoms with E-state index in [9.17, 15) is 9.90 Å². The number of carboxylic acid groups (broad SMARTS) is 1. The van der Waals surface area contributed by atoms with Gasteiger partial charge >= 0.3 is 5.97 Å². The lowest BCUT2D eigenvalue weighted by molar-refractivity contribution is -0.139. The molecule has 0 radical (unpaired) electrons. The first-order chi connectivity index (χ1) is 8.60. The molecule has 1 aliphatic heterocycles. The highest BCUT2D eigenvalue weighted by atomic mass is 79.9. The molecule has 1 unspecified atom stereocenters. The average Bonchev–Trinajstić information content (AvgIpc) is 2.37. The number of hydrogen-bond donors (Lipinski definition) is 2. The first-order valence-corrected chi connectivity index (χ1v) is 6.28. The van der Waals surface area contributed by atoms with Crippen LogP contribution in [0.4, 0.5) is 0 Å². The first-order valence-electron chi connectivity index (χ1n) is 5.49. The normalized spacial score (nSPS) is 18.1. The standard InChI is InChI=1S/C12H14BrNO4/c1-17-8-5-7-6(9(13)11(8)18-2)3-4-14-10(7)12(15)16/h5,10,14H,3-4H2,1-2H3,(H,15,16). The van der Waals surface area contributed by atoms with Gasteiger partial charge in [-0.25, -0.2) is 0 Å². The molecule has 2 rings (SSSR count). The van der Waals surface area contributed by atoms with Crippen LogP contribution in [0.1, 0.15) is 17.2 Å². The number of hydrogen-bond acceptors (Lipinski definition) is 4. The lowest BCUT2D eigenvalue weighted by Crippen LogP contribution is -2.35. The number of carbonyl (C=O) groups is 1. The van der Waals surface area contributed by atoms with Crippen LogP contribution in [0.5, 0.6) is 11.5 Å². The molecule has 1 aromatic rings. The minimum Gasteiger partial charge on any atom is -0.493 e. The van der Waals surface area contributed by atoms with Crippen molar-refractivity contribution < 1.29 is 19.4 Å². The van der Waals surface area contributed by atoms with E-state index in [-0.39, 0.29) is 0 Å². The third kappa shape index (κ3) is 2.06. The minimum absolute atomic E-state index is 0.526. The highest BCUT2D eigenvalue weighted by Gasteiger charge is 2.30. The van der Waals surface area contributed by atoms with Crippen LogP contribution < -0.4 is 14.8 Å². The highest BCUT2D eigenvalue weighted by Crippen LogP contribution is 2.42. The maximum atomic E-state index is 11.2. The number of halogens is 1. The van der Waals surface area contributed by atoms with Crippen molar-refractivity contribution >= 4 is 21.9 Å². The maximum absolute atomic E-state index is 11.2. The van der Waals surface area contributed by atoms with Gasteiger partial charge in [0.2, 0.25) is 0 Å². The van der Waals surface area contributed by atoms with Crippen molar-refractivity contribution in [2.45, 2.75) is 12.5 Å². The SMILES string of the molecule is COc1cc2c(c(Br)c1OC)CCNC2C(=O)O. The zero-order valence-electron chi connectivity index (χ0n) is 10.1. The van der Waals surface area contributed by atoms with E-state index in [1.165, 1.54) is 7.11 Å². The van der Waals surface area contributed by atoms with E-state index in [2.05, 4.69) is 21.2 Å². The van der Waals surface area contributed by atoms with Gasteiger partial charge < -0.3 is 19.9 Å². The van der Waals surface area contributed by atoms with Crippen LogP contribution in [0, 0.1) is 0 Å². The Morgan fingerprint density at radius 3 is 2.78 bits per heavy atom. The molecule has 1 atom stereocenters. The summed E-state index contributed by atoms with van der Waals surface area (Å²) in [6.45, 7) is 0.623. The predicted octanol–water partition coefficient (Wildman–Crippen LogP) is 1.74. The molecule has 0 aliphatic carbocycles. The Kier molecular flexibility index (Phi) is 3.77. The molecular formula is C12H14BrNO4. The summed E-state index contributed by atoms with van der Waals surface area (Å²) in [5.74, 6) is 0.232. The van der Waals surface area contributed by atoms with Gasteiger partial charge in [-0.2, -0.15) is 0 Å². The molecule has 0 bridgehead atoms. The van der Waals surface area contributed by atoms with Crippen LogP contribution in [0.25, 0.3) is 0 Å². The van der Waals surface area contributed by atoms with Gasteiger partial charge in [0, 0.05) is 6.54 Å². The van der Waals surface area contributed by atoms with E-state index < -0.39 is 12.0 Å². The average molecular weight is 316 g/mol. The molecule has 6 heteroatoms. The van der Waals surface area contributed by atoms with E-state index >= 15 is 0 Å². The Hall–Kier alpha value is -1.27. The molecule has 0 amide bonds. The number of ether oxygens (including phenoxy) is 2. The number of fused-ring (bicyclic) bond motifs is 1. The fraction of sp³-hybridized carbons (Fsp3) is 0.417. The van der Waals surface area contributed by atoms with Crippen molar-refractivity contribution in [3.8, 4) is 11.5 Å². The summed E-state index contributed by atoms with van der Waals surface area (Å²) in [5.41, 5.74) is 1.68. The van der Waals surface area contributed by atoms with E-state index in [4.69, 9.17) is 9.47 Å². The van der Waals surface area contributed by atoms with Crippen molar-refractivity contribution in [1.82, 2.24) is 5.32 Å². The maximum Gasteiger partial charge on any atom is 0.325 e. The molecule has 0 saturated heterocycles. The Balaban J connectivity index is 2.62. The second-order valence-electron chi connectivity index (χ2n) is 3.97. The first kappa shape index (κ1) is 13.2. The van der Waals surface area contributed by atoms with Crippen LogP contribution >= 0.6 is 15.9 Å². The molecule has 98 valence electrons. The van der Waals surface area contributed by atoms with Gasteiger partial charge in [-0.15, -0.1) is 0 Å². The number of rotatable bonds is 3. The molecule has 18 heavy (non-hydrogen) atoms. The topological polar surface area (TPSA) is 67.8 Å². The zero-order valence-corrected chi connectivity index (χ0v) is 11.7. The van der Waals surface area contributed by atoms with Crippen molar-refractivity contribution in [1.29, 1.82) is 0 Å². The predicted molar refractivity (Wildman–Crippen MR) is 69.3 cm³/mol. The molecule has 1 aromatic carbocycles. The summed E-state index contributed by atoms with van der Waals surface area (Å²) in [7, 11) is 3.09. The number of aliphatic carboxylic acids is 1. The third-order valence-electron chi connectivity index (χ3n) is 3.03. The van der Waals surface area contributed by atoms with Crippen LogP contribution in [0.2, 0.25) is 0 Å². The van der Waals surface area contributed by atoms with Crippen LogP contribution in [-0.4, -0.2) is 31.8 Å². The van der Waals surface area contributed by atoms with Crippen molar-refractivity contribution in [3.05, 3.63) is 21.7 Å². The number of methoxy groups -OCH3 is 2. The van der Waals surface area contributed by atoms with Crippen molar-refractivity contribution in [3.63, 3.8) is 0 Å². The Labute approximate surface area is 113 Å². The van der Waals surface area contributed by atoms with Gasteiger partial charge in [-0.1, -0.05) is 0 Å². The van der Waals surface area contributed by atoms with Gasteiger partial charge in [-0.3, -0.25) is 4.79 Å². The van der Waals surface area contributed by atoms with Crippen LogP contribution in [0.3, 0.4) is 0 Å². The summed E-state index contributed by atoms with van der Waals surface area (Å²) >= 11 is 3.47. The molecule has 0 saturated carbocycles. The molecule has 2 N–H and O–H groups in total. The van der Waals surface area contributed by atoms with Gasteiger partial charge in [0.1, 0.15) is 6.04 Å². The molecule has 1 heterocycles. The van der Waals surface area contributed by atoms with Gasteiger partial charge in [0.05, 0.1) is 18.7 Å². The molecule has 0 fully saturated rings. The third-order valence-corrected chi connectivity index (χ3v) is 3.87. The monoisotopic (exact) mass is 315 g/mol. The van der Waals surface area contributed by atoms with Crippen LogP contribution in [-0.2, 0) is 11.2 Å². The summed E-state index contributed by atoms with van der Waals surface area (Å²) in [4.78, 5) is 11.2. The van der Waals surface area contributed by atoms with Gasteiger partial charge in [0.15, 0.2) is 11.5 Å². The Bertz CT molecular complexity index is 489. The van der Waals surface area contributed by atoms with Gasteiger partial charge in [-0.05, 0) is 39.5 Å². The number of nitrogens with one attached hydrogen (secondary N) is 1. The molecule has 5 nitrogen and oxygen atoms in total. The smallest absolute Gasteiger partial charge is 0.325 e. The second-order valence-corrected chi connectivity index (χ2v) is 4.76. The largest absolute Gasteiger partial charge is 0.493 e. The molecule has 0 aromatic heterocycles. The minimum atomic E-state index is -0.893. The van der Waals surface area contributed by atoms with Gasteiger partial charge in [0.25, 0.3) is 0 Å². The zero-order chi connectivity index (χ0) is 13.3. The summed E-state index contributed by atoms with van der Waals surface area (Å²) < 4.78 is 11.3. The summed E-state index contributed by atoms with van der Waals surface area (Å²) in [6, 6.07) is 1.02. The second kappa shape index (κ2) is 5.16. The van der Waals surface area contributed by atoms with Crippen LogP contribution in [0.15, 0.2) is 10.5 Å². The Morgan fingerprint density at radius 2 is 2.22 bits per heavy atom.